The summed E-state index contributed by atoms with van der Waals surface area (Å²) in [5.41, 5.74) is 4.90. The lowest BCUT2D eigenvalue weighted by Crippen LogP contribution is -2.29. The van der Waals surface area contributed by atoms with Crippen molar-refractivity contribution in [1.29, 1.82) is 0 Å². The number of para-hydroxylation sites is 2. The highest BCUT2D eigenvalue weighted by Gasteiger charge is 2.19. The van der Waals surface area contributed by atoms with Gasteiger partial charge in [-0.1, -0.05) is 42.0 Å². The third-order valence-electron chi connectivity index (χ3n) is 5.48. The zero-order valence-corrected chi connectivity index (χ0v) is 18.8. The molecule has 1 atom stereocenters. The van der Waals surface area contributed by atoms with Gasteiger partial charge in [0.05, 0.1) is 23.7 Å². The predicted molar refractivity (Wildman–Crippen MR) is 128 cm³/mol. The molecule has 164 valence electrons. The van der Waals surface area contributed by atoms with Crippen LogP contribution in [0.15, 0.2) is 72.8 Å². The van der Waals surface area contributed by atoms with E-state index in [0.717, 1.165) is 41.1 Å². The molecule has 0 radical (unpaired) electrons. The molecule has 3 aromatic carbocycles. The van der Waals surface area contributed by atoms with Crippen LogP contribution in [0.3, 0.4) is 0 Å². The first-order valence-corrected chi connectivity index (χ1v) is 11.0. The fraction of sp³-hybridized carbons (Fsp3) is 0.259. The molecule has 0 bridgehead atoms. The molecule has 1 amide bonds. The fourth-order valence-electron chi connectivity index (χ4n) is 3.91. The first-order valence-electron chi connectivity index (χ1n) is 11.0. The molecule has 1 unspecified atom stereocenters. The van der Waals surface area contributed by atoms with E-state index in [1.54, 1.807) is 0 Å². The van der Waals surface area contributed by atoms with Crippen molar-refractivity contribution in [3.8, 4) is 5.75 Å². The van der Waals surface area contributed by atoms with Crippen LogP contribution in [0.2, 0.25) is 0 Å². The third kappa shape index (κ3) is 4.99. The number of aryl methyl sites for hydroxylation is 3. The minimum atomic E-state index is -0.229. The third-order valence-corrected chi connectivity index (χ3v) is 5.48. The number of nitrogens with zero attached hydrogens (tertiary/aromatic N) is 2. The average Bonchev–Trinajstić information content (AvgIpc) is 3.15. The molecule has 5 heteroatoms. The van der Waals surface area contributed by atoms with Crippen molar-refractivity contribution in [3.63, 3.8) is 0 Å². The number of carbonyl (C=O) groups is 1. The molecule has 0 aliphatic rings. The van der Waals surface area contributed by atoms with Crippen molar-refractivity contribution < 1.29 is 9.53 Å². The lowest BCUT2D eigenvalue weighted by Gasteiger charge is -2.17. The summed E-state index contributed by atoms with van der Waals surface area (Å²) in [5.74, 6) is 1.64. The van der Waals surface area contributed by atoms with Gasteiger partial charge in [0.25, 0.3) is 5.91 Å². The Balaban J connectivity index is 1.48. The molecule has 0 aliphatic heterocycles. The second kappa shape index (κ2) is 9.69. The largest absolute Gasteiger partial charge is 0.494 e. The molecule has 1 N–H and O–H groups in total. The fourth-order valence-corrected chi connectivity index (χ4v) is 3.91. The van der Waals surface area contributed by atoms with Crippen molar-refractivity contribution in [3.05, 3.63) is 95.3 Å². The number of ether oxygens (including phenoxy) is 1. The van der Waals surface area contributed by atoms with Crippen LogP contribution in [-0.4, -0.2) is 22.1 Å². The van der Waals surface area contributed by atoms with Crippen molar-refractivity contribution in [2.75, 3.05) is 6.61 Å². The van der Waals surface area contributed by atoms with Crippen molar-refractivity contribution in [2.45, 2.75) is 39.8 Å². The van der Waals surface area contributed by atoms with E-state index in [1.807, 2.05) is 74.5 Å². The van der Waals surface area contributed by atoms with Crippen molar-refractivity contribution >= 4 is 16.9 Å². The summed E-state index contributed by atoms with van der Waals surface area (Å²) in [6, 6.07) is 23.6. The summed E-state index contributed by atoms with van der Waals surface area (Å²) >= 11 is 0. The topological polar surface area (TPSA) is 56.1 Å². The molecule has 0 aliphatic carbocycles. The summed E-state index contributed by atoms with van der Waals surface area (Å²) in [7, 11) is 0. The number of hydrogen-bond donors (Lipinski definition) is 1. The molecule has 32 heavy (non-hydrogen) atoms. The predicted octanol–water partition coefficient (Wildman–Crippen LogP) is 5.61. The number of amides is 1. The molecule has 4 aromatic rings. The van der Waals surface area contributed by atoms with Gasteiger partial charge in [-0.25, -0.2) is 4.98 Å². The van der Waals surface area contributed by atoms with Crippen LogP contribution in [-0.2, 0) is 6.54 Å². The standard InChI is InChI=1S/C27H29N3O2/c1-19-9-6-11-22(17-19)27(31)28-21(3)26-29-24-13-4-5-14-25(24)30(26)15-8-16-32-23-12-7-10-20(2)18-23/h4-7,9-14,17-18,21H,8,15-16H2,1-3H3,(H,28,31). The number of benzene rings is 3. The maximum absolute atomic E-state index is 12.8. The molecule has 0 spiro atoms. The highest BCUT2D eigenvalue weighted by Crippen LogP contribution is 2.22. The highest BCUT2D eigenvalue weighted by molar-refractivity contribution is 5.94. The van der Waals surface area contributed by atoms with Gasteiger partial charge in [-0.05, 0) is 69.2 Å². The number of aromatic nitrogens is 2. The smallest absolute Gasteiger partial charge is 0.251 e. The van der Waals surface area contributed by atoms with Gasteiger partial charge in [-0.15, -0.1) is 0 Å². The lowest BCUT2D eigenvalue weighted by atomic mass is 10.1. The van der Waals surface area contributed by atoms with Gasteiger partial charge in [-0.3, -0.25) is 4.79 Å². The molecule has 5 nitrogen and oxygen atoms in total. The van der Waals surface area contributed by atoms with Gasteiger partial charge in [0.1, 0.15) is 11.6 Å². The van der Waals surface area contributed by atoms with Gasteiger partial charge < -0.3 is 14.6 Å². The molecule has 4 rings (SSSR count). The highest BCUT2D eigenvalue weighted by atomic mass is 16.5. The Bertz CT molecular complexity index is 1230. The molecule has 0 saturated heterocycles. The van der Waals surface area contributed by atoms with Gasteiger partial charge in [0, 0.05) is 12.1 Å². The van der Waals surface area contributed by atoms with Gasteiger partial charge in [0.15, 0.2) is 0 Å². The number of fused-ring (bicyclic) bond motifs is 1. The van der Waals surface area contributed by atoms with Gasteiger partial charge in [0.2, 0.25) is 0 Å². The maximum atomic E-state index is 12.8. The second-order valence-corrected chi connectivity index (χ2v) is 8.19. The number of carbonyl (C=O) groups excluding carboxylic acids is 1. The number of imidazole rings is 1. The van der Waals surface area contributed by atoms with E-state index in [2.05, 4.69) is 28.9 Å². The molecule has 0 saturated carbocycles. The maximum Gasteiger partial charge on any atom is 0.251 e. The van der Waals surface area contributed by atoms with Gasteiger partial charge in [-0.2, -0.15) is 0 Å². The number of nitrogens with one attached hydrogen (secondary N) is 1. The number of hydrogen-bond acceptors (Lipinski definition) is 3. The minimum absolute atomic E-state index is 0.0948. The average molecular weight is 428 g/mol. The SMILES string of the molecule is Cc1cccc(OCCCn2c(C(C)NC(=O)c3cccc(C)c3)nc3ccccc32)c1. The van der Waals surface area contributed by atoms with E-state index in [4.69, 9.17) is 9.72 Å². The molecule has 1 heterocycles. The van der Waals surface area contributed by atoms with Gasteiger partial charge >= 0.3 is 0 Å². The Labute approximate surface area is 189 Å². The van der Waals surface area contributed by atoms with Crippen LogP contribution in [0.4, 0.5) is 0 Å². The Kier molecular flexibility index (Phi) is 6.55. The van der Waals surface area contributed by atoms with Crippen LogP contribution in [0.25, 0.3) is 11.0 Å². The zero-order valence-electron chi connectivity index (χ0n) is 18.8. The van der Waals surface area contributed by atoms with E-state index in [1.165, 1.54) is 5.56 Å². The van der Waals surface area contributed by atoms with Crippen LogP contribution in [0, 0.1) is 13.8 Å². The van der Waals surface area contributed by atoms with E-state index >= 15 is 0 Å². The Morgan fingerprint density at radius 1 is 1.00 bits per heavy atom. The van der Waals surface area contributed by atoms with Crippen molar-refractivity contribution in [2.24, 2.45) is 0 Å². The molecule has 0 fully saturated rings. The van der Waals surface area contributed by atoms with Crippen LogP contribution >= 0.6 is 0 Å². The first-order chi connectivity index (χ1) is 15.5. The molecular formula is C27H29N3O2. The monoisotopic (exact) mass is 427 g/mol. The second-order valence-electron chi connectivity index (χ2n) is 8.19. The van der Waals surface area contributed by atoms with E-state index in [9.17, 15) is 4.79 Å². The Morgan fingerprint density at radius 2 is 1.75 bits per heavy atom. The van der Waals surface area contributed by atoms with E-state index < -0.39 is 0 Å². The van der Waals surface area contributed by atoms with E-state index in [-0.39, 0.29) is 11.9 Å². The molecular weight excluding hydrogens is 398 g/mol. The van der Waals surface area contributed by atoms with Crippen molar-refractivity contribution in [1.82, 2.24) is 14.9 Å². The number of rotatable bonds is 8. The summed E-state index contributed by atoms with van der Waals surface area (Å²) in [6.07, 6.45) is 0.833. The summed E-state index contributed by atoms with van der Waals surface area (Å²) < 4.78 is 8.12. The summed E-state index contributed by atoms with van der Waals surface area (Å²) in [6.45, 7) is 7.39. The normalized spacial score (nSPS) is 12.0. The Morgan fingerprint density at radius 3 is 2.53 bits per heavy atom. The summed E-state index contributed by atoms with van der Waals surface area (Å²) in [5, 5.41) is 3.11. The minimum Gasteiger partial charge on any atom is -0.494 e. The van der Waals surface area contributed by atoms with Crippen LogP contribution < -0.4 is 10.1 Å². The molecule has 1 aromatic heterocycles. The Hall–Kier alpha value is -3.60. The van der Waals surface area contributed by atoms with Crippen LogP contribution in [0.5, 0.6) is 5.75 Å². The summed E-state index contributed by atoms with van der Waals surface area (Å²) in [4.78, 5) is 17.6. The zero-order chi connectivity index (χ0) is 22.5. The van der Waals surface area contributed by atoms with E-state index in [0.29, 0.717) is 12.2 Å². The lowest BCUT2D eigenvalue weighted by molar-refractivity contribution is 0.0937. The van der Waals surface area contributed by atoms with Crippen LogP contribution in [0.1, 0.15) is 46.7 Å². The first kappa shape index (κ1) is 21.6. The quantitative estimate of drug-likeness (QED) is 0.372.